The second kappa shape index (κ2) is 7.51. The van der Waals surface area contributed by atoms with Crippen molar-refractivity contribution in [1.29, 1.82) is 0 Å². The molecule has 0 saturated carbocycles. The lowest BCUT2D eigenvalue weighted by Crippen LogP contribution is -2.34. The number of hydrogen-bond acceptors (Lipinski definition) is 4. The number of nitro benzene ring substituents is 1. The number of aromatic nitrogens is 3. The molecule has 0 radical (unpaired) electrons. The standard InChI is InChI=1S/C21H16N4O4/c26-20-18-17(15-7-4-8-16(13-15)25(28)29)9-11-22-19(18)24(21(27)23-20)12-10-14-5-2-1-3-6-14/h1-9,11,13H,10,12H2,(H,23,26,27)/p+1. The van der Waals surface area contributed by atoms with Crippen molar-refractivity contribution in [2.45, 2.75) is 13.0 Å². The van der Waals surface area contributed by atoms with E-state index in [1.165, 1.54) is 16.7 Å². The summed E-state index contributed by atoms with van der Waals surface area (Å²) in [7, 11) is 0. The van der Waals surface area contributed by atoms with Crippen LogP contribution in [0.2, 0.25) is 0 Å². The second-order valence-corrected chi connectivity index (χ2v) is 6.57. The highest BCUT2D eigenvalue weighted by atomic mass is 16.6. The van der Waals surface area contributed by atoms with Crippen LogP contribution >= 0.6 is 0 Å². The number of aryl methyl sites for hydroxylation is 2. The first-order valence-corrected chi connectivity index (χ1v) is 9.01. The summed E-state index contributed by atoms with van der Waals surface area (Å²) in [5, 5.41) is 11.4. The molecule has 8 nitrogen and oxygen atoms in total. The molecule has 0 aliphatic carbocycles. The molecular formula is C21H17N4O4+. The van der Waals surface area contributed by atoms with Gasteiger partial charge in [-0.15, -0.1) is 0 Å². The summed E-state index contributed by atoms with van der Waals surface area (Å²) in [5.74, 6) is 0. The average molecular weight is 389 g/mol. The number of rotatable bonds is 5. The molecule has 0 spiro atoms. The summed E-state index contributed by atoms with van der Waals surface area (Å²) in [6.45, 7) is 0.366. The van der Waals surface area contributed by atoms with Crippen molar-refractivity contribution in [1.82, 2.24) is 9.55 Å². The Labute approximate surface area is 164 Å². The van der Waals surface area contributed by atoms with Crippen molar-refractivity contribution in [2.75, 3.05) is 0 Å². The van der Waals surface area contributed by atoms with Crippen LogP contribution in [0.15, 0.2) is 76.4 Å². The van der Waals surface area contributed by atoms with Crippen LogP contribution < -0.4 is 16.2 Å². The zero-order chi connectivity index (χ0) is 20.4. The van der Waals surface area contributed by atoms with E-state index in [2.05, 4.69) is 9.97 Å². The van der Waals surface area contributed by atoms with E-state index < -0.39 is 16.2 Å². The van der Waals surface area contributed by atoms with Crippen molar-refractivity contribution in [3.05, 3.63) is 103 Å². The largest absolute Gasteiger partial charge is 0.415 e. The van der Waals surface area contributed by atoms with Crippen molar-refractivity contribution in [3.8, 4) is 11.1 Å². The first-order valence-electron chi connectivity index (χ1n) is 9.01. The topological polar surface area (TPSA) is 112 Å². The van der Waals surface area contributed by atoms with Gasteiger partial charge in [0.05, 0.1) is 17.7 Å². The van der Waals surface area contributed by atoms with E-state index in [1.54, 1.807) is 24.4 Å². The highest BCUT2D eigenvalue weighted by molar-refractivity contribution is 5.90. The monoisotopic (exact) mass is 389 g/mol. The van der Waals surface area contributed by atoms with Gasteiger partial charge in [-0.3, -0.25) is 19.9 Å². The van der Waals surface area contributed by atoms with Crippen molar-refractivity contribution >= 4 is 16.7 Å². The zero-order valence-electron chi connectivity index (χ0n) is 15.3. The van der Waals surface area contributed by atoms with Crippen molar-refractivity contribution in [2.24, 2.45) is 0 Å². The summed E-state index contributed by atoms with van der Waals surface area (Å²) < 4.78 is 1.48. The molecule has 2 N–H and O–H groups in total. The Hall–Kier alpha value is -4.07. The minimum Gasteiger partial charge on any atom is -0.268 e. The molecule has 0 aliphatic rings. The molecule has 0 unspecified atom stereocenters. The first kappa shape index (κ1) is 18.3. The molecule has 0 amide bonds. The lowest BCUT2D eigenvalue weighted by molar-refractivity contribution is -0.384. The summed E-state index contributed by atoms with van der Waals surface area (Å²) in [4.78, 5) is 41.1. The molecule has 0 bridgehead atoms. The quantitative estimate of drug-likeness (QED) is 0.417. The fourth-order valence-corrected chi connectivity index (χ4v) is 3.38. The number of pyridine rings is 1. The zero-order valence-corrected chi connectivity index (χ0v) is 15.3. The molecule has 0 fully saturated rings. The van der Waals surface area contributed by atoms with E-state index in [0.717, 1.165) is 5.56 Å². The number of aromatic amines is 2. The maximum absolute atomic E-state index is 12.6. The van der Waals surface area contributed by atoms with Crippen LogP contribution in [0.25, 0.3) is 22.2 Å². The maximum atomic E-state index is 12.6. The van der Waals surface area contributed by atoms with E-state index in [4.69, 9.17) is 0 Å². The van der Waals surface area contributed by atoms with Crippen LogP contribution in [0.3, 0.4) is 0 Å². The minimum atomic E-state index is -0.542. The summed E-state index contributed by atoms with van der Waals surface area (Å²) >= 11 is 0. The number of non-ortho nitro benzene ring substituents is 1. The second-order valence-electron chi connectivity index (χ2n) is 6.57. The van der Waals surface area contributed by atoms with Gasteiger partial charge >= 0.3 is 5.69 Å². The van der Waals surface area contributed by atoms with Crippen LogP contribution in [0.4, 0.5) is 5.69 Å². The first-order chi connectivity index (χ1) is 14.0. The Bertz CT molecular complexity index is 1330. The van der Waals surface area contributed by atoms with Gasteiger partial charge in [0.15, 0.2) is 0 Å². The Morgan fingerprint density at radius 1 is 1.03 bits per heavy atom. The molecule has 144 valence electrons. The normalized spacial score (nSPS) is 10.9. The number of hydrogen-bond donors (Lipinski definition) is 1. The van der Waals surface area contributed by atoms with Crippen LogP contribution in [0, 0.1) is 10.1 Å². The molecule has 8 heteroatoms. The van der Waals surface area contributed by atoms with Crippen LogP contribution in [-0.4, -0.2) is 14.5 Å². The van der Waals surface area contributed by atoms with Crippen molar-refractivity contribution in [3.63, 3.8) is 0 Å². The number of nitrogens with one attached hydrogen (secondary N) is 2. The summed E-state index contributed by atoms with van der Waals surface area (Å²) in [6.07, 6.45) is 2.23. The van der Waals surface area contributed by atoms with Gasteiger partial charge in [-0.05, 0) is 17.2 Å². The third-order valence-corrected chi connectivity index (χ3v) is 4.77. The third-order valence-electron chi connectivity index (χ3n) is 4.77. The predicted molar refractivity (Wildman–Crippen MR) is 108 cm³/mol. The number of fused-ring (bicyclic) bond motifs is 1. The lowest BCUT2D eigenvalue weighted by atomic mass is 10.0. The van der Waals surface area contributed by atoms with Gasteiger partial charge in [0.1, 0.15) is 5.39 Å². The van der Waals surface area contributed by atoms with Crippen molar-refractivity contribution < 1.29 is 9.91 Å². The highest BCUT2D eigenvalue weighted by Gasteiger charge is 2.20. The van der Waals surface area contributed by atoms with Gasteiger partial charge in [-0.25, -0.2) is 9.78 Å². The Kier molecular flexibility index (Phi) is 4.74. The van der Waals surface area contributed by atoms with Gasteiger partial charge in [0, 0.05) is 24.1 Å². The van der Waals surface area contributed by atoms with Gasteiger partial charge in [-0.2, -0.15) is 4.57 Å². The van der Waals surface area contributed by atoms with E-state index in [-0.39, 0.29) is 11.1 Å². The Balaban J connectivity index is 1.87. The number of nitro groups is 1. The molecule has 2 aromatic heterocycles. The predicted octanol–water partition coefficient (Wildman–Crippen LogP) is 2.32. The molecule has 2 heterocycles. The smallest absolute Gasteiger partial charge is 0.268 e. The van der Waals surface area contributed by atoms with Gasteiger partial charge < -0.3 is 0 Å². The SMILES string of the molecule is O=c1[nH]c(=O)n(CCc2ccccc2)c2[nH+]ccc(-c3cccc([N+](=O)[O-])c3)c12. The Morgan fingerprint density at radius 3 is 2.59 bits per heavy atom. The van der Waals surface area contributed by atoms with Gasteiger partial charge in [0.25, 0.3) is 16.9 Å². The number of H-pyrrole nitrogens is 2. The average Bonchev–Trinajstić information content (AvgIpc) is 2.74. The minimum absolute atomic E-state index is 0.0719. The molecule has 29 heavy (non-hydrogen) atoms. The van der Waals surface area contributed by atoms with Gasteiger partial charge in [-0.1, -0.05) is 42.5 Å². The molecular weight excluding hydrogens is 372 g/mol. The van der Waals surface area contributed by atoms with E-state index in [9.17, 15) is 19.7 Å². The van der Waals surface area contributed by atoms with Crippen LogP contribution in [0.1, 0.15) is 5.56 Å². The summed E-state index contributed by atoms with van der Waals surface area (Å²) in [6, 6.07) is 17.4. The highest BCUT2D eigenvalue weighted by Crippen LogP contribution is 2.26. The molecule has 0 aliphatic heterocycles. The lowest BCUT2D eigenvalue weighted by Gasteiger charge is -2.07. The molecule has 2 aromatic carbocycles. The number of benzene rings is 2. The fraction of sp³-hybridized carbons (Fsp3) is 0.0952. The van der Waals surface area contributed by atoms with Gasteiger partial charge in [0.2, 0.25) is 0 Å². The van der Waals surface area contributed by atoms with E-state index >= 15 is 0 Å². The molecule has 4 aromatic rings. The molecule has 0 atom stereocenters. The molecule has 0 saturated heterocycles. The van der Waals surface area contributed by atoms with Crippen LogP contribution in [0.5, 0.6) is 0 Å². The van der Waals surface area contributed by atoms with Crippen LogP contribution in [-0.2, 0) is 13.0 Å². The molecule has 4 rings (SSSR count). The Morgan fingerprint density at radius 2 is 1.83 bits per heavy atom. The maximum Gasteiger partial charge on any atom is 0.415 e. The summed E-state index contributed by atoms with van der Waals surface area (Å²) in [5.41, 5.74) is 1.35. The fourth-order valence-electron chi connectivity index (χ4n) is 3.38. The van der Waals surface area contributed by atoms with E-state index in [1.807, 2.05) is 30.3 Å². The van der Waals surface area contributed by atoms with E-state index in [0.29, 0.717) is 29.7 Å². The number of nitrogens with zero attached hydrogens (tertiary/aromatic N) is 2. The third kappa shape index (κ3) is 3.55.